The summed E-state index contributed by atoms with van der Waals surface area (Å²) in [4.78, 5) is 25.5. The molecule has 0 bridgehead atoms. The van der Waals surface area contributed by atoms with E-state index in [2.05, 4.69) is 16.0 Å². The number of hydrogen-bond acceptors (Lipinski definition) is 4. The highest BCUT2D eigenvalue weighted by Gasteiger charge is 2.23. The van der Waals surface area contributed by atoms with Gasteiger partial charge in [-0.25, -0.2) is 4.79 Å². The zero-order valence-corrected chi connectivity index (χ0v) is 14.6. The third-order valence-electron chi connectivity index (χ3n) is 4.67. The van der Waals surface area contributed by atoms with Crippen molar-refractivity contribution in [2.45, 2.75) is 38.5 Å². The molecule has 7 heteroatoms. The molecular formula is C18H26N4O3. The van der Waals surface area contributed by atoms with Crippen LogP contribution in [0.1, 0.15) is 25.3 Å². The van der Waals surface area contributed by atoms with Crippen LogP contribution in [0, 0.1) is 0 Å². The second-order valence-electron chi connectivity index (χ2n) is 6.61. The smallest absolute Gasteiger partial charge is 0.315 e. The average Bonchev–Trinajstić information content (AvgIpc) is 3.15. The molecule has 2 heterocycles. The monoisotopic (exact) mass is 346 g/mol. The van der Waals surface area contributed by atoms with Gasteiger partial charge in [-0.05, 0) is 37.5 Å². The molecule has 0 aromatic heterocycles. The van der Waals surface area contributed by atoms with E-state index in [1.54, 1.807) is 0 Å². The van der Waals surface area contributed by atoms with Crippen molar-refractivity contribution >= 4 is 17.6 Å². The Morgan fingerprint density at radius 2 is 2.20 bits per heavy atom. The van der Waals surface area contributed by atoms with E-state index < -0.39 is 0 Å². The Bertz CT molecular complexity index is 599. The van der Waals surface area contributed by atoms with E-state index in [4.69, 9.17) is 4.74 Å². The van der Waals surface area contributed by atoms with Gasteiger partial charge in [0, 0.05) is 31.9 Å². The maximum atomic E-state index is 12.0. The van der Waals surface area contributed by atoms with Crippen LogP contribution in [0.4, 0.5) is 10.5 Å². The summed E-state index contributed by atoms with van der Waals surface area (Å²) in [6, 6.07) is 7.76. The summed E-state index contributed by atoms with van der Waals surface area (Å²) >= 11 is 0. The second kappa shape index (κ2) is 8.20. The summed E-state index contributed by atoms with van der Waals surface area (Å²) in [5, 5.41) is 8.63. The Labute approximate surface area is 148 Å². The van der Waals surface area contributed by atoms with E-state index >= 15 is 0 Å². The van der Waals surface area contributed by atoms with Crippen molar-refractivity contribution in [3.63, 3.8) is 0 Å². The van der Waals surface area contributed by atoms with Crippen molar-refractivity contribution in [2.75, 3.05) is 31.1 Å². The van der Waals surface area contributed by atoms with E-state index in [9.17, 15) is 9.59 Å². The first kappa shape index (κ1) is 17.5. The Kier molecular flexibility index (Phi) is 5.75. The summed E-state index contributed by atoms with van der Waals surface area (Å²) < 4.78 is 5.58. The molecule has 3 N–H and O–H groups in total. The molecule has 3 amide bonds. The molecule has 2 saturated heterocycles. The highest BCUT2D eigenvalue weighted by molar-refractivity contribution is 5.82. The number of carbonyl (C=O) groups excluding carboxylic acids is 2. The molecule has 25 heavy (non-hydrogen) atoms. The molecule has 0 saturated carbocycles. The van der Waals surface area contributed by atoms with Gasteiger partial charge in [0.1, 0.15) is 0 Å². The fraction of sp³-hybridized carbons (Fsp3) is 0.556. The number of ether oxygens (including phenoxy) is 1. The molecule has 136 valence electrons. The first-order valence-electron chi connectivity index (χ1n) is 8.88. The third-order valence-corrected chi connectivity index (χ3v) is 4.67. The minimum Gasteiger partial charge on any atom is -0.376 e. The lowest BCUT2D eigenvalue weighted by Crippen LogP contribution is -2.47. The Morgan fingerprint density at radius 1 is 1.40 bits per heavy atom. The number of carbonyl (C=O) groups is 2. The van der Waals surface area contributed by atoms with E-state index in [1.807, 2.05) is 36.1 Å². The van der Waals surface area contributed by atoms with Crippen LogP contribution < -0.4 is 20.9 Å². The Morgan fingerprint density at radius 3 is 2.88 bits per heavy atom. The van der Waals surface area contributed by atoms with Crippen molar-refractivity contribution in [3.05, 3.63) is 29.8 Å². The number of piperazine rings is 1. The van der Waals surface area contributed by atoms with Gasteiger partial charge in [0.2, 0.25) is 5.91 Å². The molecule has 0 spiro atoms. The molecule has 1 aromatic carbocycles. The molecule has 3 rings (SSSR count). The van der Waals surface area contributed by atoms with Crippen LogP contribution in [-0.4, -0.2) is 50.3 Å². The third kappa shape index (κ3) is 4.85. The van der Waals surface area contributed by atoms with Gasteiger partial charge in [-0.1, -0.05) is 12.1 Å². The predicted molar refractivity (Wildman–Crippen MR) is 95.5 cm³/mol. The minimum atomic E-state index is -0.181. The highest BCUT2D eigenvalue weighted by atomic mass is 16.5. The summed E-state index contributed by atoms with van der Waals surface area (Å²) in [6.07, 6.45) is 2.17. The number of nitrogens with one attached hydrogen (secondary N) is 3. The number of benzene rings is 1. The van der Waals surface area contributed by atoms with Gasteiger partial charge in [0.15, 0.2) is 0 Å². The second-order valence-corrected chi connectivity index (χ2v) is 6.61. The summed E-state index contributed by atoms with van der Waals surface area (Å²) in [6.45, 7) is 5.09. The number of nitrogens with zero attached hydrogens (tertiary/aromatic N) is 1. The van der Waals surface area contributed by atoms with E-state index in [0.29, 0.717) is 19.6 Å². The molecule has 0 aliphatic carbocycles. The zero-order chi connectivity index (χ0) is 17.6. The zero-order valence-electron chi connectivity index (χ0n) is 14.6. The average molecular weight is 346 g/mol. The number of urea groups is 1. The van der Waals surface area contributed by atoms with Crippen LogP contribution in [0.15, 0.2) is 24.3 Å². The molecule has 2 fully saturated rings. The Balaban J connectivity index is 1.45. The molecule has 1 aromatic rings. The van der Waals surface area contributed by atoms with Gasteiger partial charge in [-0.2, -0.15) is 0 Å². The van der Waals surface area contributed by atoms with Gasteiger partial charge in [0.05, 0.1) is 18.7 Å². The summed E-state index contributed by atoms with van der Waals surface area (Å²) in [7, 11) is 0. The van der Waals surface area contributed by atoms with Gasteiger partial charge >= 0.3 is 6.03 Å². The van der Waals surface area contributed by atoms with Crippen LogP contribution in [0.5, 0.6) is 0 Å². The van der Waals surface area contributed by atoms with Crippen molar-refractivity contribution < 1.29 is 14.3 Å². The molecule has 2 aliphatic heterocycles. The highest BCUT2D eigenvalue weighted by Crippen LogP contribution is 2.16. The first-order valence-corrected chi connectivity index (χ1v) is 8.88. The molecule has 2 atom stereocenters. The van der Waals surface area contributed by atoms with Crippen molar-refractivity contribution in [1.82, 2.24) is 16.0 Å². The van der Waals surface area contributed by atoms with Crippen molar-refractivity contribution in [2.24, 2.45) is 0 Å². The van der Waals surface area contributed by atoms with Gasteiger partial charge in [-0.15, -0.1) is 0 Å². The lowest BCUT2D eigenvalue weighted by Gasteiger charge is -2.28. The normalized spacial score (nSPS) is 21.6. The predicted octanol–water partition coefficient (Wildman–Crippen LogP) is 0.990. The number of amides is 3. The van der Waals surface area contributed by atoms with E-state index in [-0.39, 0.29) is 24.1 Å². The van der Waals surface area contributed by atoms with E-state index in [1.165, 1.54) is 0 Å². The van der Waals surface area contributed by atoms with Gasteiger partial charge in [-0.3, -0.25) is 4.79 Å². The largest absolute Gasteiger partial charge is 0.376 e. The van der Waals surface area contributed by atoms with Crippen molar-refractivity contribution in [1.29, 1.82) is 0 Å². The standard InChI is InChI=1S/C18H26N4O3/c1-13(16-3-2-10-25-16)21-18(24)20-11-14-4-6-15(7-5-14)22-9-8-19-17(23)12-22/h4-7,13,16H,2-3,8-12H2,1H3,(H,19,23)(H2,20,21,24)/t13-,16-/m0/s1. The fourth-order valence-electron chi connectivity index (χ4n) is 3.21. The fourth-order valence-corrected chi connectivity index (χ4v) is 3.21. The lowest BCUT2D eigenvalue weighted by molar-refractivity contribution is -0.120. The first-order chi connectivity index (χ1) is 12.1. The van der Waals surface area contributed by atoms with Gasteiger partial charge < -0.3 is 25.6 Å². The maximum Gasteiger partial charge on any atom is 0.315 e. The van der Waals surface area contributed by atoms with Crippen molar-refractivity contribution in [3.8, 4) is 0 Å². The van der Waals surface area contributed by atoms with Crippen LogP contribution in [0.25, 0.3) is 0 Å². The molecular weight excluding hydrogens is 320 g/mol. The minimum absolute atomic E-state index is 0.00937. The number of rotatable bonds is 5. The summed E-state index contributed by atoms with van der Waals surface area (Å²) in [5.74, 6) is 0.0500. The number of anilines is 1. The van der Waals surface area contributed by atoms with Gasteiger partial charge in [0.25, 0.3) is 0 Å². The number of hydrogen-bond donors (Lipinski definition) is 3. The maximum absolute atomic E-state index is 12.0. The molecule has 7 nitrogen and oxygen atoms in total. The quantitative estimate of drug-likeness (QED) is 0.742. The molecule has 0 radical (unpaired) electrons. The SMILES string of the molecule is C[C@H](NC(=O)NCc1ccc(N2CCNC(=O)C2)cc1)[C@@H]1CCCO1. The Hall–Kier alpha value is -2.28. The van der Waals surface area contributed by atoms with Crippen LogP contribution in [0.2, 0.25) is 0 Å². The van der Waals surface area contributed by atoms with Crippen LogP contribution in [-0.2, 0) is 16.1 Å². The summed E-state index contributed by atoms with van der Waals surface area (Å²) in [5.41, 5.74) is 2.04. The molecule has 2 aliphatic rings. The van der Waals surface area contributed by atoms with Crippen LogP contribution >= 0.6 is 0 Å². The van der Waals surface area contributed by atoms with Crippen LogP contribution in [0.3, 0.4) is 0 Å². The van der Waals surface area contributed by atoms with E-state index in [0.717, 1.165) is 37.2 Å². The molecule has 0 unspecified atom stereocenters. The lowest BCUT2D eigenvalue weighted by atomic mass is 10.1. The topological polar surface area (TPSA) is 82.7 Å².